The lowest BCUT2D eigenvalue weighted by atomic mass is 10.4. The maximum absolute atomic E-state index is 5.23. The predicted molar refractivity (Wildman–Crippen MR) is 29.2 cm³/mol. The highest BCUT2D eigenvalue weighted by atomic mass is 16.5. The maximum atomic E-state index is 5.23. The molecular weight excluding hydrogens is 88.1 g/mol. The third-order valence-electron chi connectivity index (χ3n) is 1.09. The molecule has 0 spiro atoms. The van der Waals surface area contributed by atoms with Gasteiger partial charge in [-0.2, -0.15) is 0 Å². The summed E-state index contributed by atoms with van der Waals surface area (Å²) in [6.45, 7) is 4.87. The molecule has 0 radical (unpaired) electrons. The summed E-state index contributed by atoms with van der Waals surface area (Å²) in [7, 11) is 0. The first-order valence-electron chi connectivity index (χ1n) is 2.61. The van der Waals surface area contributed by atoms with E-state index < -0.39 is 0 Å². The van der Waals surface area contributed by atoms with E-state index in [0.29, 0.717) is 0 Å². The molecule has 0 atom stereocenters. The van der Waals surface area contributed by atoms with Crippen LogP contribution in [0.3, 0.4) is 0 Å². The van der Waals surface area contributed by atoms with E-state index in [0.717, 1.165) is 6.61 Å². The molecule has 1 aliphatic carbocycles. The zero-order valence-corrected chi connectivity index (χ0v) is 4.77. The lowest BCUT2D eigenvalue weighted by Crippen LogP contribution is -2.09. The molecule has 0 aliphatic heterocycles. The van der Waals surface area contributed by atoms with Gasteiger partial charge in [0.05, 0.1) is 0 Å². The first kappa shape index (κ1) is 4.85. The minimum absolute atomic E-state index is 0.0503. The van der Waals surface area contributed by atoms with Gasteiger partial charge in [0.25, 0.3) is 0 Å². The van der Waals surface area contributed by atoms with Crippen LogP contribution in [0.5, 0.6) is 0 Å². The average molecular weight is 98.1 g/mol. The molecule has 1 aliphatic rings. The van der Waals surface area contributed by atoms with Crippen LogP contribution in [0.2, 0.25) is 0 Å². The van der Waals surface area contributed by atoms with Crippen LogP contribution in [0.1, 0.15) is 13.8 Å². The van der Waals surface area contributed by atoms with Crippen molar-refractivity contribution >= 4 is 0 Å². The van der Waals surface area contributed by atoms with Crippen LogP contribution in [0.4, 0.5) is 0 Å². The summed E-state index contributed by atoms with van der Waals surface area (Å²) in [6, 6.07) is 0. The Balaban J connectivity index is 2.16. The fourth-order valence-corrected chi connectivity index (χ4v) is 0.525. The molecule has 0 aromatic carbocycles. The summed E-state index contributed by atoms with van der Waals surface area (Å²) < 4.78 is 5.23. The highest BCUT2D eigenvalue weighted by molar-refractivity contribution is 5.27. The normalized spacial score (nSPS) is 22.6. The average Bonchev–Trinajstić information content (AvgIpc) is 2.22. The molecule has 0 bridgehead atoms. The molecule has 0 aromatic rings. The molecule has 1 heteroatoms. The number of hydrogen-bond acceptors (Lipinski definition) is 1. The van der Waals surface area contributed by atoms with Crippen LogP contribution in [0, 0.1) is 0 Å². The Hall–Kier alpha value is -0.300. The van der Waals surface area contributed by atoms with Gasteiger partial charge < -0.3 is 4.74 Å². The van der Waals surface area contributed by atoms with Gasteiger partial charge in [0.1, 0.15) is 5.60 Å². The van der Waals surface area contributed by atoms with Crippen molar-refractivity contribution in [2.24, 2.45) is 0 Å². The van der Waals surface area contributed by atoms with E-state index in [1.54, 1.807) is 0 Å². The minimum Gasteiger partial charge on any atom is -0.367 e. The second-order valence-electron chi connectivity index (χ2n) is 1.95. The maximum Gasteiger partial charge on any atom is 0.102 e. The summed E-state index contributed by atoms with van der Waals surface area (Å²) in [4.78, 5) is 0. The molecule has 0 amide bonds. The first-order valence-corrected chi connectivity index (χ1v) is 2.61. The molecule has 1 rings (SSSR count). The van der Waals surface area contributed by atoms with Crippen LogP contribution in [-0.4, -0.2) is 12.2 Å². The zero-order chi connectivity index (χ0) is 5.33. The molecule has 0 N–H and O–H groups in total. The van der Waals surface area contributed by atoms with Crippen LogP contribution in [-0.2, 0) is 4.74 Å². The quantitative estimate of drug-likeness (QED) is 0.474. The molecule has 0 aromatic heterocycles. The molecule has 0 heterocycles. The van der Waals surface area contributed by atoms with E-state index in [-0.39, 0.29) is 5.60 Å². The van der Waals surface area contributed by atoms with E-state index in [4.69, 9.17) is 4.74 Å². The van der Waals surface area contributed by atoms with Crippen molar-refractivity contribution in [2.75, 3.05) is 6.61 Å². The van der Waals surface area contributed by atoms with Crippen LogP contribution in [0.15, 0.2) is 12.2 Å². The number of rotatable bonds is 2. The number of ether oxygens (including phenoxy) is 1. The molecule has 0 saturated heterocycles. The SMILES string of the molecule is CCOC1(C)C=C1. The van der Waals surface area contributed by atoms with Gasteiger partial charge in [0.2, 0.25) is 0 Å². The van der Waals surface area contributed by atoms with Crippen molar-refractivity contribution in [3.63, 3.8) is 0 Å². The highest BCUT2D eigenvalue weighted by Crippen LogP contribution is 2.26. The van der Waals surface area contributed by atoms with Crippen molar-refractivity contribution in [1.82, 2.24) is 0 Å². The van der Waals surface area contributed by atoms with Crippen molar-refractivity contribution in [1.29, 1.82) is 0 Å². The van der Waals surface area contributed by atoms with Gasteiger partial charge in [-0.1, -0.05) is 12.2 Å². The third kappa shape index (κ3) is 1.03. The summed E-state index contributed by atoms with van der Waals surface area (Å²) in [5.74, 6) is 0. The second kappa shape index (κ2) is 1.34. The van der Waals surface area contributed by atoms with E-state index in [1.165, 1.54) is 0 Å². The Bertz CT molecular complexity index is 88.4. The summed E-state index contributed by atoms with van der Waals surface area (Å²) in [5, 5.41) is 0. The molecular formula is C6H10O. The van der Waals surface area contributed by atoms with Gasteiger partial charge in [0, 0.05) is 6.61 Å². The van der Waals surface area contributed by atoms with Crippen molar-refractivity contribution in [3.8, 4) is 0 Å². The van der Waals surface area contributed by atoms with Crippen molar-refractivity contribution in [2.45, 2.75) is 19.4 Å². The van der Waals surface area contributed by atoms with Crippen molar-refractivity contribution in [3.05, 3.63) is 12.2 Å². The van der Waals surface area contributed by atoms with Gasteiger partial charge in [-0.25, -0.2) is 0 Å². The second-order valence-corrected chi connectivity index (χ2v) is 1.95. The Labute approximate surface area is 44.0 Å². The molecule has 1 nitrogen and oxygen atoms in total. The van der Waals surface area contributed by atoms with Crippen LogP contribution >= 0.6 is 0 Å². The largest absolute Gasteiger partial charge is 0.367 e. The van der Waals surface area contributed by atoms with Crippen LogP contribution < -0.4 is 0 Å². The predicted octanol–water partition coefficient (Wildman–Crippen LogP) is 1.35. The van der Waals surface area contributed by atoms with E-state index in [1.807, 2.05) is 6.92 Å². The highest BCUT2D eigenvalue weighted by Gasteiger charge is 2.27. The molecule has 0 saturated carbocycles. The van der Waals surface area contributed by atoms with Gasteiger partial charge in [-0.05, 0) is 13.8 Å². The Morgan fingerprint density at radius 1 is 1.57 bits per heavy atom. The van der Waals surface area contributed by atoms with E-state index >= 15 is 0 Å². The van der Waals surface area contributed by atoms with Gasteiger partial charge in [0.15, 0.2) is 0 Å². The van der Waals surface area contributed by atoms with Gasteiger partial charge in [-0.3, -0.25) is 0 Å². The fraction of sp³-hybridized carbons (Fsp3) is 0.667. The molecule has 0 fully saturated rings. The Morgan fingerprint density at radius 3 is 2.29 bits per heavy atom. The number of hydrogen-bond donors (Lipinski definition) is 0. The molecule has 40 valence electrons. The van der Waals surface area contributed by atoms with Crippen LogP contribution in [0.25, 0.3) is 0 Å². The van der Waals surface area contributed by atoms with E-state index in [2.05, 4.69) is 19.1 Å². The van der Waals surface area contributed by atoms with Gasteiger partial charge in [-0.15, -0.1) is 0 Å². The van der Waals surface area contributed by atoms with Crippen molar-refractivity contribution < 1.29 is 4.74 Å². The Morgan fingerprint density at radius 2 is 2.14 bits per heavy atom. The monoisotopic (exact) mass is 98.1 g/mol. The van der Waals surface area contributed by atoms with Gasteiger partial charge >= 0.3 is 0 Å². The fourth-order valence-electron chi connectivity index (χ4n) is 0.525. The standard InChI is InChI=1S/C6H10O/c1-3-7-6(2)4-5-6/h4-5H,3H2,1-2H3. The lowest BCUT2D eigenvalue weighted by molar-refractivity contribution is 0.0766. The lowest BCUT2D eigenvalue weighted by Gasteiger charge is -2.06. The smallest absolute Gasteiger partial charge is 0.102 e. The third-order valence-corrected chi connectivity index (χ3v) is 1.09. The van der Waals surface area contributed by atoms with E-state index in [9.17, 15) is 0 Å². The minimum atomic E-state index is 0.0503. The topological polar surface area (TPSA) is 9.23 Å². The molecule has 7 heavy (non-hydrogen) atoms. The first-order chi connectivity index (χ1) is 3.27. The Kier molecular flexibility index (Phi) is 0.927. The summed E-state index contributed by atoms with van der Waals surface area (Å²) >= 11 is 0. The zero-order valence-electron chi connectivity index (χ0n) is 4.77. The molecule has 0 unspecified atom stereocenters. The summed E-state index contributed by atoms with van der Waals surface area (Å²) in [6.07, 6.45) is 4.10. The summed E-state index contributed by atoms with van der Waals surface area (Å²) in [5.41, 5.74) is 0.0503.